The second-order valence-electron chi connectivity index (χ2n) is 11.7. The van der Waals surface area contributed by atoms with Crippen LogP contribution in [0.3, 0.4) is 0 Å². The van der Waals surface area contributed by atoms with Crippen LogP contribution in [-0.2, 0) is 27.3 Å². The molecule has 0 bridgehead atoms. The number of hydrogen-bond donors (Lipinski definition) is 0. The van der Waals surface area contributed by atoms with Crippen molar-refractivity contribution >= 4 is 12.0 Å². The molecule has 1 heterocycles. The molecule has 226 valence electrons. The highest BCUT2D eigenvalue weighted by molar-refractivity contribution is 5.94. The van der Waals surface area contributed by atoms with E-state index in [0.29, 0.717) is 19.6 Å². The molecule has 1 saturated heterocycles. The summed E-state index contributed by atoms with van der Waals surface area (Å²) in [5, 5.41) is 0. The second kappa shape index (κ2) is 20.3. The van der Waals surface area contributed by atoms with Crippen LogP contribution in [0.1, 0.15) is 114 Å². The Balaban J connectivity index is 1.41. The first kappa shape index (κ1) is 32.8. The van der Waals surface area contributed by atoms with E-state index >= 15 is 0 Å². The number of carbonyl (C=O) groups excluding carboxylic acids is 2. The number of imide groups is 1. The zero-order valence-corrected chi connectivity index (χ0v) is 25.4. The third kappa shape index (κ3) is 12.8. The van der Waals surface area contributed by atoms with E-state index in [1.54, 1.807) is 0 Å². The van der Waals surface area contributed by atoms with E-state index in [1.807, 2.05) is 60.7 Å². The molecule has 5 nitrogen and oxygen atoms in total. The quantitative estimate of drug-likeness (QED) is 0.134. The number of ether oxygens (including phenoxy) is 2. The standard InChI is InChI=1S/C36H53NO4/c1-2-3-4-5-6-7-8-9-10-11-12-13-14-21-26-33(29-40-28-32-24-19-16-20-25-32)35(38)37-34(30-41-36(37)39)27-31-22-17-15-18-23-31/h15-20,22-25,33-34H,2-14,21,26-30H2,1H3/t33-,34+/m1/s1. The monoisotopic (exact) mass is 563 g/mol. The summed E-state index contributed by atoms with van der Waals surface area (Å²) < 4.78 is 11.4. The number of hydrogen-bond acceptors (Lipinski definition) is 4. The summed E-state index contributed by atoms with van der Waals surface area (Å²) in [6.07, 6.45) is 19.0. The fourth-order valence-corrected chi connectivity index (χ4v) is 5.72. The molecule has 0 N–H and O–H groups in total. The van der Waals surface area contributed by atoms with Crippen LogP contribution in [0.25, 0.3) is 0 Å². The van der Waals surface area contributed by atoms with E-state index < -0.39 is 6.09 Å². The van der Waals surface area contributed by atoms with Gasteiger partial charge in [-0.15, -0.1) is 0 Å². The Morgan fingerprint density at radius 2 is 1.29 bits per heavy atom. The van der Waals surface area contributed by atoms with Crippen molar-refractivity contribution in [3.05, 3.63) is 71.8 Å². The lowest BCUT2D eigenvalue weighted by Crippen LogP contribution is -2.44. The van der Waals surface area contributed by atoms with E-state index in [4.69, 9.17) is 9.47 Å². The fourth-order valence-electron chi connectivity index (χ4n) is 5.72. The highest BCUT2D eigenvalue weighted by atomic mass is 16.6. The number of nitrogens with zero attached hydrogens (tertiary/aromatic N) is 1. The molecule has 1 aliphatic rings. The summed E-state index contributed by atoms with van der Waals surface area (Å²) in [5.74, 6) is -0.504. The Labute approximate surface area is 249 Å². The van der Waals surface area contributed by atoms with Gasteiger partial charge in [-0.3, -0.25) is 4.79 Å². The van der Waals surface area contributed by atoms with Gasteiger partial charge in [-0.1, -0.05) is 157 Å². The van der Waals surface area contributed by atoms with Crippen molar-refractivity contribution in [3.8, 4) is 0 Å². The molecule has 2 aromatic rings. The first-order valence-electron chi connectivity index (χ1n) is 16.3. The average Bonchev–Trinajstić information content (AvgIpc) is 3.36. The molecule has 5 heteroatoms. The lowest BCUT2D eigenvalue weighted by molar-refractivity contribution is -0.136. The Bertz CT molecular complexity index is 964. The predicted octanol–water partition coefficient (Wildman–Crippen LogP) is 9.28. The molecule has 0 unspecified atom stereocenters. The molecule has 1 fully saturated rings. The van der Waals surface area contributed by atoms with Crippen molar-refractivity contribution in [3.63, 3.8) is 0 Å². The van der Waals surface area contributed by atoms with Crippen molar-refractivity contribution in [2.45, 2.75) is 122 Å². The molecule has 2 aromatic carbocycles. The topological polar surface area (TPSA) is 55.8 Å². The van der Waals surface area contributed by atoms with E-state index in [-0.39, 0.29) is 24.5 Å². The van der Waals surface area contributed by atoms with Gasteiger partial charge in [0.15, 0.2) is 0 Å². The summed E-state index contributed by atoms with van der Waals surface area (Å²) in [7, 11) is 0. The van der Waals surface area contributed by atoms with Gasteiger partial charge in [0.25, 0.3) is 0 Å². The van der Waals surface area contributed by atoms with Crippen LogP contribution in [0.15, 0.2) is 60.7 Å². The van der Waals surface area contributed by atoms with Gasteiger partial charge in [0, 0.05) is 0 Å². The molecule has 3 rings (SSSR count). The van der Waals surface area contributed by atoms with Crippen molar-refractivity contribution in [1.82, 2.24) is 4.90 Å². The molecule has 0 aliphatic carbocycles. The van der Waals surface area contributed by atoms with E-state index in [2.05, 4.69) is 6.92 Å². The molecular weight excluding hydrogens is 510 g/mol. The zero-order chi connectivity index (χ0) is 29.0. The molecule has 0 aromatic heterocycles. The number of benzene rings is 2. The van der Waals surface area contributed by atoms with Gasteiger partial charge in [0.1, 0.15) is 6.61 Å². The average molecular weight is 564 g/mol. The summed E-state index contributed by atoms with van der Waals surface area (Å²) in [6.45, 7) is 3.29. The molecule has 0 saturated carbocycles. The fraction of sp³-hybridized carbons (Fsp3) is 0.611. The van der Waals surface area contributed by atoms with Crippen LogP contribution in [0.4, 0.5) is 4.79 Å². The van der Waals surface area contributed by atoms with Crippen LogP contribution in [0.2, 0.25) is 0 Å². The van der Waals surface area contributed by atoms with E-state index in [1.165, 1.54) is 81.9 Å². The molecule has 2 atom stereocenters. The number of amides is 2. The highest BCUT2D eigenvalue weighted by Crippen LogP contribution is 2.24. The van der Waals surface area contributed by atoms with Crippen LogP contribution in [0, 0.1) is 5.92 Å². The summed E-state index contributed by atoms with van der Waals surface area (Å²) in [4.78, 5) is 27.7. The predicted molar refractivity (Wildman–Crippen MR) is 167 cm³/mol. The minimum absolute atomic E-state index is 0.156. The van der Waals surface area contributed by atoms with Gasteiger partial charge in [-0.25, -0.2) is 9.69 Å². The third-order valence-corrected chi connectivity index (χ3v) is 8.20. The number of carbonyl (C=O) groups is 2. The molecular formula is C36H53NO4. The zero-order valence-electron chi connectivity index (χ0n) is 25.4. The van der Waals surface area contributed by atoms with Crippen LogP contribution in [0.5, 0.6) is 0 Å². The van der Waals surface area contributed by atoms with Crippen LogP contribution in [-0.4, -0.2) is 36.2 Å². The largest absolute Gasteiger partial charge is 0.447 e. The lowest BCUT2D eigenvalue weighted by atomic mass is 9.97. The molecule has 2 amide bonds. The van der Waals surface area contributed by atoms with Crippen LogP contribution >= 0.6 is 0 Å². The van der Waals surface area contributed by atoms with E-state index in [9.17, 15) is 9.59 Å². The van der Waals surface area contributed by atoms with Gasteiger partial charge >= 0.3 is 6.09 Å². The first-order chi connectivity index (χ1) is 20.2. The SMILES string of the molecule is CCCCCCCCCCCCCCCC[C@H](COCc1ccccc1)C(=O)N1C(=O)OC[C@@H]1Cc1ccccc1. The lowest BCUT2D eigenvalue weighted by Gasteiger charge is -2.25. The second-order valence-corrected chi connectivity index (χ2v) is 11.7. The van der Waals surface area contributed by atoms with Gasteiger partial charge in [0.05, 0.1) is 25.2 Å². The molecule has 0 radical (unpaired) electrons. The van der Waals surface area contributed by atoms with Crippen LogP contribution < -0.4 is 0 Å². The molecule has 1 aliphatic heterocycles. The van der Waals surface area contributed by atoms with Gasteiger partial charge in [0.2, 0.25) is 5.91 Å². The Morgan fingerprint density at radius 3 is 1.85 bits per heavy atom. The number of rotatable bonds is 22. The van der Waals surface area contributed by atoms with Gasteiger partial charge < -0.3 is 9.47 Å². The summed E-state index contributed by atoms with van der Waals surface area (Å²) in [6, 6.07) is 19.7. The van der Waals surface area contributed by atoms with Crippen molar-refractivity contribution < 1.29 is 19.1 Å². The first-order valence-corrected chi connectivity index (χ1v) is 16.3. The summed E-state index contributed by atoms with van der Waals surface area (Å²) >= 11 is 0. The number of cyclic esters (lactones) is 1. The van der Waals surface area contributed by atoms with Crippen molar-refractivity contribution in [1.29, 1.82) is 0 Å². The summed E-state index contributed by atoms with van der Waals surface area (Å²) in [5.41, 5.74) is 2.18. The van der Waals surface area contributed by atoms with E-state index in [0.717, 1.165) is 30.4 Å². The van der Waals surface area contributed by atoms with Crippen molar-refractivity contribution in [2.24, 2.45) is 5.92 Å². The normalized spacial score (nSPS) is 15.7. The van der Waals surface area contributed by atoms with Gasteiger partial charge in [-0.2, -0.15) is 0 Å². The van der Waals surface area contributed by atoms with Gasteiger partial charge in [-0.05, 0) is 24.0 Å². The third-order valence-electron chi connectivity index (χ3n) is 8.20. The molecule has 41 heavy (non-hydrogen) atoms. The Kier molecular flexibility index (Phi) is 16.2. The maximum atomic E-state index is 13.7. The molecule has 0 spiro atoms. The van der Waals surface area contributed by atoms with Crippen molar-refractivity contribution in [2.75, 3.05) is 13.2 Å². The number of unbranched alkanes of at least 4 members (excludes halogenated alkanes) is 13. The highest BCUT2D eigenvalue weighted by Gasteiger charge is 2.40. The minimum Gasteiger partial charge on any atom is -0.447 e. The Hall–Kier alpha value is -2.66. The maximum absolute atomic E-state index is 13.7. The minimum atomic E-state index is -0.523. The Morgan fingerprint density at radius 1 is 0.780 bits per heavy atom. The maximum Gasteiger partial charge on any atom is 0.416 e. The smallest absolute Gasteiger partial charge is 0.416 e.